The van der Waals surface area contributed by atoms with Crippen molar-refractivity contribution in [3.63, 3.8) is 0 Å². The van der Waals surface area contributed by atoms with Gasteiger partial charge in [0, 0.05) is 28.6 Å². The van der Waals surface area contributed by atoms with E-state index in [9.17, 15) is 4.79 Å². The lowest BCUT2D eigenvalue weighted by molar-refractivity contribution is 0.0490. The van der Waals surface area contributed by atoms with E-state index >= 15 is 0 Å². The molecule has 1 N–H and O–H groups in total. The van der Waals surface area contributed by atoms with Gasteiger partial charge < -0.3 is 14.5 Å². The Morgan fingerprint density at radius 3 is 2.81 bits per heavy atom. The molecule has 0 aliphatic rings. The monoisotopic (exact) mass is 436 g/mol. The first-order valence-corrected chi connectivity index (χ1v) is 11.1. The molecule has 2 rings (SSSR count). The van der Waals surface area contributed by atoms with Gasteiger partial charge in [0.2, 0.25) is 5.76 Å². The van der Waals surface area contributed by atoms with Crippen molar-refractivity contribution in [2.24, 2.45) is 4.99 Å². The third-order valence-electron chi connectivity index (χ3n) is 3.57. The molecule has 0 saturated carbocycles. The predicted molar refractivity (Wildman–Crippen MR) is 114 cm³/mol. The Kier molecular flexibility index (Phi) is 7.18. The van der Waals surface area contributed by atoms with Crippen molar-refractivity contribution >= 4 is 65.4 Å². The van der Waals surface area contributed by atoms with Crippen molar-refractivity contribution < 1.29 is 13.9 Å². The summed E-state index contributed by atoms with van der Waals surface area (Å²) in [5, 5.41) is 5.18. The Morgan fingerprint density at radius 2 is 2.19 bits per heavy atom. The number of ether oxygens (including phenoxy) is 1. The third kappa shape index (κ3) is 4.63. The lowest BCUT2D eigenvalue weighted by atomic mass is 10.2. The normalized spacial score (nSPS) is 12.2. The van der Waals surface area contributed by atoms with Crippen molar-refractivity contribution in [1.82, 2.24) is 0 Å². The van der Waals surface area contributed by atoms with Crippen LogP contribution in [0.3, 0.4) is 0 Å². The summed E-state index contributed by atoms with van der Waals surface area (Å²) in [7, 11) is 1.38. The molecule has 1 aromatic carbocycles. The summed E-state index contributed by atoms with van der Waals surface area (Å²) in [5.74, 6) is -0.425. The van der Waals surface area contributed by atoms with Crippen LogP contribution in [0.25, 0.3) is 12.7 Å². The molecule has 0 spiro atoms. The Balaban J connectivity index is 2.58. The first kappa shape index (κ1) is 20.4. The fourth-order valence-electron chi connectivity index (χ4n) is 2.36. The van der Waals surface area contributed by atoms with Gasteiger partial charge in [0.15, 0.2) is 0 Å². The molecule has 0 bridgehead atoms. The topological polar surface area (TPSA) is 63.8 Å². The molecule has 1 heterocycles. The zero-order valence-corrected chi connectivity index (χ0v) is 17.8. The maximum Gasteiger partial charge on any atom is 0.376 e. The molecular weight excluding hydrogens is 415 g/mol. The Hall–Kier alpha value is -1.91. The number of aliphatic imine (C=N–C) groups is 1. The van der Waals surface area contributed by atoms with E-state index < -0.39 is 5.97 Å². The van der Waals surface area contributed by atoms with Crippen LogP contribution in [-0.4, -0.2) is 39.2 Å². The maximum atomic E-state index is 12.3. The molecule has 26 heavy (non-hydrogen) atoms. The van der Waals surface area contributed by atoms with Gasteiger partial charge in [-0.05, 0) is 49.8 Å². The van der Waals surface area contributed by atoms with E-state index in [0.717, 1.165) is 10.2 Å². The molecule has 138 valence electrons. The summed E-state index contributed by atoms with van der Waals surface area (Å²) in [6.07, 6.45) is 3.38. The van der Waals surface area contributed by atoms with Gasteiger partial charge in [0.05, 0.1) is 6.61 Å². The number of nitrogens with zero attached hydrogens (tertiary/aromatic N) is 1. The molecule has 5 nitrogen and oxygen atoms in total. The average Bonchev–Trinajstić information content (AvgIpc) is 2.90. The number of anilines is 2. The van der Waals surface area contributed by atoms with E-state index in [1.165, 1.54) is 5.30 Å². The first-order valence-electron chi connectivity index (χ1n) is 8.04. The number of hydrogen-bond donors (Lipinski definition) is 1. The second kappa shape index (κ2) is 9.15. The minimum absolute atomic E-state index is 0.104. The highest BCUT2D eigenvalue weighted by molar-refractivity contribution is 9.10. The highest BCUT2D eigenvalue weighted by Crippen LogP contribution is 2.30. The largest absolute Gasteiger partial charge is 0.460 e. The van der Waals surface area contributed by atoms with Crippen molar-refractivity contribution in [1.29, 1.82) is 0 Å². The number of hydrogen-bond acceptors (Lipinski definition) is 5. The van der Waals surface area contributed by atoms with Crippen LogP contribution in [0, 0.1) is 0 Å². The van der Waals surface area contributed by atoms with Crippen LogP contribution in [-0.2, 0) is 4.74 Å². The Morgan fingerprint density at radius 1 is 1.46 bits per heavy atom. The smallest absolute Gasteiger partial charge is 0.376 e. The number of carbonyl (C=O) groups is 1. The Bertz CT molecular complexity index is 935. The number of furan rings is 1. The zero-order valence-electron chi connectivity index (χ0n) is 15.3. The molecule has 0 radical (unpaired) electrons. The quantitative estimate of drug-likeness (QED) is 0.428. The van der Waals surface area contributed by atoms with Gasteiger partial charge in [-0.1, -0.05) is 30.4 Å². The van der Waals surface area contributed by atoms with Gasteiger partial charge in [-0.15, -0.1) is 0 Å². The number of benzene rings is 1. The highest BCUT2D eigenvalue weighted by atomic mass is 79.9. The third-order valence-corrected chi connectivity index (χ3v) is 5.90. The summed E-state index contributed by atoms with van der Waals surface area (Å²) in [5.41, 5.74) is 1.76. The number of nitrogens with one attached hydrogen (secondary N) is 1. The minimum atomic E-state index is -0.529. The first-order chi connectivity index (χ1) is 12.4. The standard InChI is InChI=1S/C19H22BrN2O3P/c1-6-24-19(23)18-17(14(9-10-21-3)12(2)25-18)22-13-7-8-15(20)16(11-13)26(4)5/h7-11,22H,2,6H2,1,3-5H3/b14-9+,21-10?. The van der Waals surface area contributed by atoms with Crippen molar-refractivity contribution in [2.75, 3.05) is 32.3 Å². The molecule has 0 atom stereocenters. The maximum absolute atomic E-state index is 12.3. The van der Waals surface area contributed by atoms with Gasteiger partial charge in [-0.3, -0.25) is 4.99 Å². The molecule has 0 amide bonds. The van der Waals surface area contributed by atoms with E-state index in [1.54, 1.807) is 26.3 Å². The lowest BCUT2D eigenvalue weighted by Gasteiger charge is -2.13. The fourth-order valence-corrected chi connectivity index (χ4v) is 4.57. The van der Waals surface area contributed by atoms with E-state index in [-0.39, 0.29) is 20.3 Å². The second-order valence-electron chi connectivity index (χ2n) is 5.62. The molecule has 0 fully saturated rings. The highest BCUT2D eigenvalue weighted by Gasteiger charge is 2.20. The van der Waals surface area contributed by atoms with Crippen LogP contribution in [0.15, 0.2) is 32.1 Å². The number of halogens is 1. The number of rotatable bonds is 6. The minimum Gasteiger partial charge on any atom is -0.460 e. The molecule has 0 aliphatic carbocycles. The summed E-state index contributed by atoms with van der Waals surface area (Å²) in [6, 6.07) is 6.00. The SMILES string of the molecule is C=c1oc(C(=O)OCC)c(Nc2ccc(Br)c(P(C)C)c2)/c1=C/C=NC. The summed E-state index contributed by atoms with van der Waals surface area (Å²) in [6.45, 7) is 10.3. The molecule has 0 saturated heterocycles. The van der Waals surface area contributed by atoms with E-state index in [0.29, 0.717) is 16.3 Å². The van der Waals surface area contributed by atoms with Crippen molar-refractivity contribution in [3.8, 4) is 0 Å². The van der Waals surface area contributed by atoms with Crippen LogP contribution in [0.2, 0.25) is 0 Å². The lowest BCUT2D eigenvalue weighted by Crippen LogP contribution is -2.21. The predicted octanol–water partition coefficient (Wildman–Crippen LogP) is 3.22. The summed E-state index contributed by atoms with van der Waals surface area (Å²) < 4.78 is 11.8. The van der Waals surface area contributed by atoms with Crippen molar-refractivity contribution in [3.05, 3.63) is 39.1 Å². The number of carbonyl (C=O) groups excluding carboxylic acids is 1. The van der Waals surface area contributed by atoms with Crippen LogP contribution in [0.5, 0.6) is 0 Å². The van der Waals surface area contributed by atoms with Gasteiger partial charge in [0.1, 0.15) is 11.1 Å². The molecule has 7 heteroatoms. The summed E-state index contributed by atoms with van der Waals surface area (Å²) >= 11 is 3.59. The molecule has 1 aromatic heterocycles. The summed E-state index contributed by atoms with van der Waals surface area (Å²) in [4.78, 5) is 16.3. The molecule has 2 aromatic rings. The van der Waals surface area contributed by atoms with Gasteiger partial charge in [-0.2, -0.15) is 0 Å². The Labute approximate surface area is 162 Å². The average molecular weight is 437 g/mol. The fraction of sp³-hybridized carbons (Fsp3) is 0.263. The molecule has 0 unspecified atom stereocenters. The van der Waals surface area contributed by atoms with Gasteiger partial charge >= 0.3 is 5.97 Å². The van der Waals surface area contributed by atoms with E-state index in [2.05, 4.69) is 52.2 Å². The van der Waals surface area contributed by atoms with Crippen LogP contribution in [0.1, 0.15) is 17.5 Å². The van der Waals surface area contributed by atoms with E-state index in [4.69, 9.17) is 9.15 Å². The number of esters is 1. The van der Waals surface area contributed by atoms with Gasteiger partial charge in [-0.25, -0.2) is 4.79 Å². The van der Waals surface area contributed by atoms with E-state index in [1.807, 2.05) is 12.1 Å². The van der Waals surface area contributed by atoms with Crippen molar-refractivity contribution in [2.45, 2.75) is 6.92 Å². The molecule has 0 aliphatic heterocycles. The van der Waals surface area contributed by atoms with Crippen LogP contribution >= 0.6 is 23.9 Å². The molecular formula is C19H22BrN2O3P. The van der Waals surface area contributed by atoms with Crippen LogP contribution < -0.4 is 21.3 Å². The second-order valence-corrected chi connectivity index (χ2v) is 8.75. The van der Waals surface area contributed by atoms with Gasteiger partial charge in [0.25, 0.3) is 0 Å². The van der Waals surface area contributed by atoms with Crippen LogP contribution in [0.4, 0.5) is 11.4 Å². The zero-order chi connectivity index (χ0) is 19.3.